The van der Waals surface area contributed by atoms with Crippen molar-refractivity contribution in [3.8, 4) is 0 Å². The van der Waals surface area contributed by atoms with Crippen LogP contribution in [-0.4, -0.2) is 31.1 Å². The van der Waals surface area contributed by atoms with Crippen LogP contribution in [0.25, 0.3) is 0 Å². The number of benzene rings is 2. The molecule has 8 heteroatoms. The van der Waals surface area contributed by atoms with Crippen molar-refractivity contribution in [3.63, 3.8) is 0 Å². The van der Waals surface area contributed by atoms with Crippen molar-refractivity contribution in [1.82, 2.24) is 10.6 Å². The zero-order valence-corrected chi connectivity index (χ0v) is 16.8. The molecule has 2 rings (SSSR count). The van der Waals surface area contributed by atoms with Crippen LogP contribution in [0.15, 0.2) is 54.6 Å². The summed E-state index contributed by atoms with van der Waals surface area (Å²) in [6.07, 6.45) is -0.168. The van der Waals surface area contributed by atoms with Crippen molar-refractivity contribution >= 4 is 29.5 Å². The Labute approximate surface area is 174 Å². The summed E-state index contributed by atoms with van der Waals surface area (Å²) in [5, 5.41) is 5.75. The third-order valence-electron chi connectivity index (χ3n) is 4.30. The fourth-order valence-corrected chi connectivity index (χ4v) is 2.83. The molecular weight excluding hydrogens is 394 g/mol. The van der Waals surface area contributed by atoms with E-state index in [2.05, 4.69) is 10.6 Å². The summed E-state index contributed by atoms with van der Waals surface area (Å²) < 4.78 is 5.03. The fraction of sp³-hybridized carbons (Fsp3) is 0.286. The molecule has 4 N–H and O–H groups in total. The number of hydrogen-bond acceptors (Lipinski definition) is 4. The van der Waals surface area contributed by atoms with Crippen LogP contribution in [0, 0.1) is 0 Å². The lowest BCUT2D eigenvalue weighted by molar-refractivity contribution is -0.149. The Balaban J connectivity index is 1.81. The molecule has 0 unspecified atom stereocenters. The van der Waals surface area contributed by atoms with Crippen LogP contribution in [0.5, 0.6) is 0 Å². The maximum atomic E-state index is 12.1. The first kappa shape index (κ1) is 22.2. The fourth-order valence-electron chi connectivity index (χ4n) is 2.71. The minimum Gasteiger partial charge on any atom is -0.456 e. The average Bonchev–Trinajstić information content (AvgIpc) is 2.71. The van der Waals surface area contributed by atoms with E-state index in [-0.39, 0.29) is 12.3 Å². The van der Waals surface area contributed by atoms with Gasteiger partial charge in [0.05, 0.1) is 12.5 Å². The topological polar surface area (TPSA) is 111 Å². The monoisotopic (exact) mass is 417 g/mol. The smallest absolute Gasteiger partial charge is 0.312 e. The number of urea groups is 1. The van der Waals surface area contributed by atoms with Gasteiger partial charge in [-0.15, -0.1) is 0 Å². The highest BCUT2D eigenvalue weighted by Crippen LogP contribution is 2.20. The molecule has 29 heavy (non-hydrogen) atoms. The molecule has 0 radical (unpaired) electrons. The SMILES string of the molecule is C[C@H](CNC(=O)COC(=O)C[C@@H](NC(N)=O)c1ccc(Cl)cc1)c1ccccc1. The Morgan fingerprint density at radius 2 is 1.69 bits per heavy atom. The number of carbonyl (C=O) groups excluding carboxylic acids is 3. The maximum Gasteiger partial charge on any atom is 0.312 e. The predicted octanol–water partition coefficient (Wildman–Crippen LogP) is 2.90. The van der Waals surface area contributed by atoms with E-state index in [1.54, 1.807) is 24.3 Å². The largest absolute Gasteiger partial charge is 0.456 e. The van der Waals surface area contributed by atoms with E-state index in [9.17, 15) is 14.4 Å². The van der Waals surface area contributed by atoms with Gasteiger partial charge in [0.15, 0.2) is 6.61 Å². The summed E-state index contributed by atoms with van der Waals surface area (Å²) in [7, 11) is 0. The first-order valence-electron chi connectivity index (χ1n) is 9.14. The molecule has 0 saturated heterocycles. The number of halogens is 1. The second-order valence-corrected chi connectivity index (χ2v) is 7.03. The molecule has 0 fully saturated rings. The summed E-state index contributed by atoms with van der Waals surface area (Å²) in [5.41, 5.74) is 6.93. The summed E-state index contributed by atoms with van der Waals surface area (Å²) in [4.78, 5) is 35.3. The Morgan fingerprint density at radius 3 is 2.31 bits per heavy atom. The molecule has 2 aromatic carbocycles. The summed E-state index contributed by atoms with van der Waals surface area (Å²) in [5.74, 6) is -0.901. The molecule has 2 atom stereocenters. The lowest BCUT2D eigenvalue weighted by Gasteiger charge is -2.17. The van der Waals surface area contributed by atoms with Crippen molar-refractivity contribution in [3.05, 3.63) is 70.7 Å². The molecular formula is C21H24ClN3O4. The predicted molar refractivity (Wildman–Crippen MR) is 110 cm³/mol. The first-order chi connectivity index (χ1) is 13.8. The number of carbonyl (C=O) groups is 3. The molecule has 0 aliphatic carbocycles. The van der Waals surface area contributed by atoms with Crippen LogP contribution in [0.3, 0.4) is 0 Å². The lowest BCUT2D eigenvalue weighted by atomic mass is 10.0. The number of amides is 3. The molecule has 0 spiro atoms. The number of nitrogens with two attached hydrogens (primary N) is 1. The third-order valence-corrected chi connectivity index (χ3v) is 4.55. The number of esters is 1. The average molecular weight is 418 g/mol. The molecule has 154 valence electrons. The van der Waals surface area contributed by atoms with Crippen molar-refractivity contribution in [1.29, 1.82) is 0 Å². The van der Waals surface area contributed by atoms with E-state index in [1.165, 1.54) is 0 Å². The molecule has 0 saturated carbocycles. The molecule has 0 aliphatic heterocycles. The van der Waals surface area contributed by atoms with E-state index >= 15 is 0 Å². The van der Waals surface area contributed by atoms with Crippen molar-refractivity contribution in [2.75, 3.05) is 13.2 Å². The quantitative estimate of drug-likeness (QED) is 0.545. The normalized spacial score (nSPS) is 12.5. The highest BCUT2D eigenvalue weighted by molar-refractivity contribution is 6.30. The highest BCUT2D eigenvalue weighted by Gasteiger charge is 2.19. The van der Waals surface area contributed by atoms with Crippen LogP contribution in [0.4, 0.5) is 4.79 Å². The van der Waals surface area contributed by atoms with Gasteiger partial charge in [-0.3, -0.25) is 9.59 Å². The van der Waals surface area contributed by atoms with Gasteiger partial charge in [0, 0.05) is 11.6 Å². The van der Waals surface area contributed by atoms with Crippen LogP contribution >= 0.6 is 11.6 Å². The number of primary amides is 1. The van der Waals surface area contributed by atoms with Crippen LogP contribution in [0.2, 0.25) is 5.02 Å². The van der Waals surface area contributed by atoms with Gasteiger partial charge in [0.1, 0.15) is 0 Å². The molecule has 2 aromatic rings. The van der Waals surface area contributed by atoms with Crippen LogP contribution < -0.4 is 16.4 Å². The van der Waals surface area contributed by atoms with Gasteiger partial charge in [0.2, 0.25) is 0 Å². The van der Waals surface area contributed by atoms with Crippen molar-refractivity contribution in [2.24, 2.45) is 5.73 Å². The van der Waals surface area contributed by atoms with Crippen molar-refractivity contribution < 1.29 is 19.1 Å². The highest BCUT2D eigenvalue weighted by atomic mass is 35.5. The number of ether oxygens (including phenoxy) is 1. The third kappa shape index (κ3) is 7.83. The molecule has 0 heterocycles. The second kappa shape index (κ2) is 11.1. The van der Waals surface area contributed by atoms with E-state index < -0.39 is 30.6 Å². The Bertz CT molecular complexity index is 828. The lowest BCUT2D eigenvalue weighted by Crippen LogP contribution is -2.35. The molecule has 0 aromatic heterocycles. The van der Waals surface area contributed by atoms with Gasteiger partial charge in [-0.2, -0.15) is 0 Å². The van der Waals surface area contributed by atoms with Gasteiger partial charge >= 0.3 is 12.0 Å². The van der Waals surface area contributed by atoms with E-state index in [0.717, 1.165) is 5.56 Å². The molecule has 0 aliphatic rings. The van der Waals surface area contributed by atoms with E-state index in [1.807, 2.05) is 37.3 Å². The zero-order chi connectivity index (χ0) is 21.2. The van der Waals surface area contributed by atoms with E-state index in [4.69, 9.17) is 22.1 Å². The van der Waals surface area contributed by atoms with Crippen LogP contribution in [0.1, 0.15) is 36.4 Å². The first-order valence-corrected chi connectivity index (χ1v) is 9.51. The molecule has 0 bridgehead atoms. The van der Waals surface area contributed by atoms with Gasteiger partial charge < -0.3 is 21.1 Å². The number of hydrogen-bond donors (Lipinski definition) is 3. The maximum absolute atomic E-state index is 12.1. The Kier molecular flexibility index (Phi) is 8.48. The standard InChI is InChI=1S/C21H24ClN3O4/c1-14(15-5-3-2-4-6-15)12-24-19(26)13-29-20(27)11-18(25-21(23)28)16-7-9-17(22)10-8-16/h2-10,14,18H,11-13H2,1H3,(H,24,26)(H3,23,25,28)/t14-,18-/m1/s1. The molecule has 7 nitrogen and oxygen atoms in total. The van der Waals surface area contributed by atoms with Crippen LogP contribution in [-0.2, 0) is 14.3 Å². The number of rotatable bonds is 9. The van der Waals surface area contributed by atoms with Gasteiger partial charge in [-0.25, -0.2) is 4.79 Å². The van der Waals surface area contributed by atoms with Gasteiger partial charge in [0.25, 0.3) is 5.91 Å². The minimum absolute atomic E-state index is 0.130. The van der Waals surface area contributed by atoms with Crippen molar-refractivity contribution in [2.45, 2.75) is 25.3 Å². The van der Waals surface area contributed by atoms with Gasteiger partial charge in [-0.05, 0) is 29.2 Å². The Hall–Kier alpha value is -3.06. The van der Waals surface area contributed by atoms with Gasteiger partial charge in [-0.1, -0.05) is 61.0 Å². The summed E-state index contributed by atoms with van der Waals surface area (Å²) >= 11 is 5.86. The Morgan fingerprint density at radius 1 is 1.03 bits per heavy atom. The summed E-state index contributed by atoms with van der Waals surface area (Å²) in [6.45, 7) is 2.02. The zero-order valence-electron chi connectivity index (χ0n) is 16.1. The molecule has 3 amide bonds. The number of nitrogens with one attached hydrogen (secondary N) is 2. The minimum atomic E-state index is -0.773. The summed E-state index contributed by atoms with van der Waals surface area (Å²) in [6, 6.07) is 14.9. The van der Waals surface area contributed by atoms with E-state index in [0.29, 0.717) is 17.1 Å². The second-order valence-electron chi connectivity index (χ2n) is 6.59.